The molecule has 1 nitrogen and oxygen atoms in total. The van der Waals surface area contributed by atoms with Crippen molar-refractivity contribution in [3.63, 3.8) is 0 Å². The fourth-order valence-electron chi connectivity index (χ4n) is 0.435. The summed E-state index contributed by atoms with van der Waals surface area (Å²) in [5.74, 6) is 1.28. The summed E-state index contributed by atoms with van der Waals surface area (Å²) < 4.78 is 0. The van der Waals surface area contributed by atoms with Gasteiger partial charge in [-0.2, -0.15) is 0 Å². The zero-order chi connectivity index (χ0) is 6.41. The molecule has 3 heteroatoms. The van der Waals surface area contributed by atoms with E-state index in [1.807, 2.05) is 8.93 Å². The third-order valence-electron chi connectivity index (χ3n) is 0.827. The van der Waals surface area contributed by atoms with E-state index in [1.54, 1.807) is 0 Å². The first-order valence-corrected chi connectivity index (χ1v) is 6.18. The summed E-state index contributed by atoms with van der Waals surface area (Å²) in [5, 5.41) is 0. The minimum Gasteiger partial charge on any atom is -0.309 e. The highest BCUT2D eigenvalue weighted by Crippen LogP contribution is 2.11. The molecule has 0 aliphatic rings. The first kappa shape index (κ1) is 9.04. The van der Waals surface area contributed by atoms with Crippen LogP contribution >= 0.6 is 30.1 Å². The zero-order valence-corrected chi connectivity index (χ0v) is 8.33. The quantitative estimate of drug-likeness (QED) is 0.550. The maximum Gasteiger partial charge on any atom is 0.00456 e. The molecule has 0 radical (unpaired) electrons. The molecule has 0 aliphatic heterocycles. The molecule has 0 bridgehead atoms. The summed E-state index contributed by atoms with van der Waals surface area (Å²) in [5.41, 5.74) is 0. The van der Waals surface area contributed by atoms with Crippen molar-refractivity contribution in [2.24, 2.45) is 0 Å². The second kappa shape index (κ2) is 6.16. The normalized spacial score (nSPS) is 10.5. The minimum atomic E-state index is 1.22. The molecule has 0 heterocycles. The standard InChI is InChI=1S/C5H12INS/c1-7(2)4-3-5-8-6/h3-5H2,1-2H3. The molecule has 0 atom stereocenters. The maximum atomic E-state index is 2.33. The average Bonchev–Trinajstić information content (AvgIpc) is 1.66. The van der Waals surface area contributed by atoms with Gasteiger partial charge in [0.15, 0.2) is 0 Å². The lowest BCUT2D eigenvalue weighted by Crippen LogP contribution is -2.13. The van der Waals surface area contributed by atoms with E-state index in [2.05, 4.69) is 40.2 Å². The maximum absolute atomic E-state index is 2.33. The molecule has 0 N–H and O–H groups in total. The lowest BCUT2D eigenvalue weighted by molar-refractivity contribution is 0.410. The lowest BCUT2D eigenvalue weighted by Gasteiger charge is -2.06. The zero-order valence-electron chi connectivity index (χ0n) is 5.35. The van der Waals surface area contributed by atoms with Gasteiger partial charge in [-0.05, 0) is 48.3 Å². The van der Waals surface area contributed by atoms with E-state index in [4.69, 9.17) is 0 Å². The van der Waals surface area contributed by atoms with Crippen LogP contribution in [-0.4, -0.2) is 31.3 Å². The Morgan fingerprint density at radius 1 is 1.50 bits per heavy atom. The lowest BCUT2D eigenvalue weighted by atomic mass is 10.5. The fourth-order valence-corrected chi connectivity index (χ4v) is 1.61. The van der Waals surface area contributed by atoms with E-state index >= 15 is 0 Å². The van der Waals surface area contributed by atoms with Gasteiger partial charge < -0.3 is 4.90 Å². The van der Waals surface area contributed by atoms with Gasteiger partial charge in [0, 0.05) is 5.75 Å². The molecule has 50 valence electrons. The van der Waals surface area contributed by atoms with E-state index < -0.39 is 0 Å². The van der Waals surface area contributed by atoms with Crippen molar-refractivity contribution in [2.75, 3.05) is 26.4 Å². The van der Waals surface area contributed by atoms with Gasteiger partial charge in [0.05, 0.1) is 0 Å². The van der Waals surface area contributed by atoms with Crippen molar-refractivity contribution >= 4 is 30.1 Å². The molecule has 0 amide bonds. The van der Waals surface area contributed by atoms with Crippen LogP contribution in [0.2, 0.25) is 0 Å². The molecule has 0 spiro atoms. The van der Waals surface area contributed by atoms with Gasteiger partial charge in [-0.1, -0.05) is 8.93 Å². The number of hydrogen-bond acceptors (Lipinski definition) is 2. The highest BCUT2D eigenvalue weighted by atomic mass is 127. The van der Waals surface area contributed by atoms with E-state index in [9.17, 15) is 0 Å². The van der Waals surface area contributed by atoms with E-state index in [1.165, 1.54) is 18.7 Å². The highest BCUT2D eigenvalue weighted by molar-refractivity contribution is 14.2. The first-order chi connectivity index (χ1) is 3.77. The molecule has 0 saturated heterocycles. The third kappa shape index (κ3) is 7.04. The molecule has 0 aromatic carbocycles. The van der Waals surface area contributed by atoms with Crippen LogP contribution in [0.25, 0.3) is 0 Å². The Morgan fingerprint density at radius 2 is 2.12 bits per heavy atom. The Balaban J connectivity index is 2.72. The van der Waals surface area contributed by atoms with Crippen LogP contribution in [-0.2, 0) is 0 Å². The smallest absolute Gasteiger partial charge is 0.00456 e. The van der Waals surface area contributed by atoms with Crippen LogP contribution in [0.5, 0.6) is 0 Å². The molecular formula is C5H12INS. The van der Waals surface area contributed by atoms with Crippen LogP contribution < -0.4 is 0 Å². The predicted octanol–water partition coefficient (Wildman–Crippen LogP) is 2.02. The second-order valence-electron chi connectivity index (χ2n) is 1.97. The molecular weight excluding hydrogens is 233 g/mol. The Labute approximate surface area is 67.8 Å². The molecule has 0 saturated carbocycles. The third-order valence-corrected chi connectivity index (χ3v) is 2.59. The number of halogens is 1. The molecule has 0 rings (SSSR count). The first-order valence-electron chi connectivity index (χ1n) is 2.65. The minimum absolute atomic E-state index is 1.22. The predicted molar refractivity (Wildman–Crippen MR) is 49.6 cm³/mol. The van der Waals surface area contributed by atoms with Crippen molar-refractivity contribution in [3.05, 3.63) is 0 Å². The summed E-state index contributed by atoms with van der Waals surface area (Å²) in [7, 11) is 6.10. The van der Waals surface area contributed by atoms with Crippen molar-refractivity contribution in [1.82, 2.24) is 4.90 Å². The number of nitrogens with zero attached hydrogens (tertiary/aromatic N) is 1. The summed E-state index contributed by atoms with van der Waals surface area (Å²) in [4.78, 5) is 2.22. The summed E-state index contributed by atoms with van der Waals surface area (Å²) in [6.45, 7) is 1.22. The van der Waals surface area contributed by atoms with Crippen LogP contribution in [0, 0.1) is 0 Å². The molecule has 8 heavy (non-hydrogen) atoms. The van der Waals surface area contributed by atoms with Crippen LogP contribution in [0.15, 0.2) is 0 Å². The van der Waals surface area contributed by atoms with E-state index in [0.29, 0.717) is 0 Å². The van der Waals surface area contributed by atoms with Gasteiger partial charge in [-0.3, -0.25) is 0 Å². The van der Waals surface area contributed by atoms with Crippen LogP contribution in [0.4, 0.5) is 0 Å². The van der Waals surface area contributed by atoms with Crippen LogP contribution in [0.3, 0.4) is 0 Å². The van der Waals surface area contributed by atoms with E-state index in [0.717, 1.165) is 0 Å². The Hall–Kier alpha value is 1.04. The van der Waals surface area contributed by atoms with Crippen molar-refractivity contribution in [3.8, 4) is 0 Å². The average molecular weight is 245 g/mol. The van der Waals surface area contributed by atoms with Gasteiger partial charge in [-0.15, -0.1) is 0 Å². The van der Waals surface area contributed by atoms with Gasteiger partial charge in [0.25, 0.3) is 0 Å². The van der Waals surface area contributed by atoms with Crippen molar-refractivity contribution in [1.29, 1.82) is 0 Å². The van der Waals surface area contributed by atoms with E-state index in [-0.39, 0.29) is 0 Å². The van der Waals surface area contributed by atoms with Crippen molar-refractivity contribution < 1.29 is 0 Å². The molecule has 0 unspecified atom stereocenters. The van der Waals surface area contributed by atoms with Crippen LogP contribution in [0.1, 0.15) is 6.42 Å². The Kier molecular flexibility index (Phi) is 6.97. The summed E-state index contributed by atoms with van der Waals surface area (Å²) in [6, 6.07) is 0. The van der Waals surface area contributed by atoms with Crippen molar-refractivity contribution in [2.45, 2.75) is 6.42 Å². The molecule has 0 aromatic rings. The summed E-state index contributed by atoms with van der Waals surface area (Å²) >= 11 is 2.33. The Morgan fingerprint density at radius 3 is 2.50 bits per heavy atom. The topological polar surface area (TPSA) is 3.24 Å². The SMILES string of the molecule is CN(C)CCCSI. The molecule has 0 aliphatic carbocycles. The number of hydrogen-bond donors (Lipinski definition) is 0. The van der Waals surface area contributed by atoms with Gasteiger partial charge in [-0.25, -0.2) is 0 Å². The Bertz CT molecular complexity index is 49.7. The van der Waals surface area contributed by atoms with Gasteiger partial charge in [0.1, 0.15) is 0 Å². The fraction of sp³-hybridized carbons (Fsp3) is 1.00. The summed E-state index contributed by atoms with van der Waals surface area (Å²) in [6.07, 6.45) is 1.31. The van der Waals surface area contributed by atoms with Gasteiger partial charge >= 0.3 is 0 Å². The number of rotatable bonds is 4. The molecule has 0 fully saturated rings. The largest absolute Gasteiger partial charge is 0.309 e. The monoisotopic (exact) mass is 245 g/mol. The molecule has 0 aromatic heterocycles. The highest BCUT2D eigenvalue weighted by Gasteiger charge is 1.87. The second-order valence-corrected chi connectivity index (χ2v) is 4.46. The van der Waals surface area contributed by atoms with Gasteiger partial charge in [0.2, 0.25) is 0 Å².